The van der Waals surface area contributed by atoms with Crippen molar-refractivity contribution in [3.05, 3.63) is 17.8 Å². The third-order valence-corrected chi connectivity index (χ3v) is 3.09. The van der Waals surface area contributed by atoms with Crippen LogP contribution in [0.25, 0.3) is 0 Å². The van der Waals surface area contributed by atoms with Crippen LogP contribution in [0.2, 0.25) is 0 Å². The lowest BCUT2D eigenvalue weighted by Crippen LogP contribution is -2.36. The Hall–Kier alpha value is -1.65. The summed E-state index contributed by atoms with van der Waals surface area (Å²) in [7, 11) is 0. The molecule has 1 aromatic rings. The third kappa shape index (κ3) is 2.38. The molecule has 1 fully saturated rings. The average Bonchev–Trinajstić information content (AvgIpc) is 2.78. The first-order valence-corrected chi connectivity index (χ1v) is 5.92. The Morgan fingerprint density at radius 1 is 1.47 bits per heavy atom. The van der Waals surface area contributed by atoms with Crippen LogP contribution in [-0.2, 0) is 4.79 Å². The van der Waals surface area contributed by atoms with Gasteiger partial charge < -0.3 is 10.0 Å². The van der Waals surface area contributed by atoms with E-state index >= 15 is 0 Å². The molecule has 1 aliphatic heterocycles. The smallest absolute Gasteiger partial charge is 0.326 e. The lowest BCUT2D eigenvalue weighted by atomic mass is 10.1. The molecular formula is C12H17N3O2. The zero-order chi connectivity index (χ0) is 12.4. The molecule has 1 N–H and O–H groups in total. The van der Waals surface area contributed by atoms with E-state index in [0.29, 0.717) is 18.2 Å². The lowest BCUT2D eigenvalue weighted by molar-refractivity contribution is -0.138. The zero-order valence-corrected chi connectivity index (χ0v) is 10.1. The lowest BCUT2D eigenvalue weighted by Gasteiger charge is -2.21. The fourth-order valence-electron chi connectivity index (χ4n) is 2.09. The van der Waals surface area contributed by atoms with Crippen LogP contribution in [-0.4, -0.2) is 33.9 Å². The molecule has 0 saturated carbocycles. The Morgan fingerprint density at radius 3 is 2.76 bits per heavy atom. The molecule has 1 unspecified atom stereocenters. The summed E-state index contributed by atoms with van der Waals surface area (Å²) in [5.41, 5.74) is 0.930. The fraction of sp³-hybridized carbons (Fsp3) is 0.583. The molecule has 5 heteroatoms. The standard InChI is InChI=1S/C12H17N3O2/c1-8(2)9-5-6-11(14-13-9)15-7-3-4-10(15)12(16)17/h5-6,8,10H,3-4,7H2,1-2H3,(H,16,17). The number of hydrogen-bond acceptors (Lipinski definition) is 4. The highest BCUT2D eigenvalue weighted by Crippen LogP contribution is 2.24. The van der Waals surface area contributed by atoms with Crippen LogP contribution in [0, 0.1) is 0 Å². The first-order chi connectivity index (χ1) is 8.09. The molecule has 1 atom stereocenters. The van der Waals surface area contributed by atoms with Crippen molar-refractivity contribution >= 4 is 11.8 Å². The Labute approximate surface area is 100 Å². The maximum atomic E-state index is 11.1. The maximum Gasteiger partial charge on any atom is 0.326 e. The van der Waals surface area contributed by atoms with Crippen LogP contribution in [0.5, 0.6) is 0 Å². The van der Waals surface area contributed by atoms with Crippen LogP contribution in [0.3, 0.4) is 0 Å². The number of aromatic nitrogens is 2. The molecule has 0 amide bonds. The zero-order valence-electron chi connectivity index (χ0n) is 10.1. The van der Waals surface area contributed by atoms with Crippen molar-refractivity contribution in [2.75, 3.05) is 11.4 Å². The van der Waals surface area contributed by atoms with Crippen molar-refractivity contribution in [1.82, 2.24) is 10.2 Å². The molecule has 0 radical (unpaired) electrons. The number of rotatable bonds is 3. The van der Waals surface area contributed by atoms with Gasteiger partial charge in [-0.05, 0) is 30.9 Å². The molecule has 0 spiro atoms. The number of aliphatic carboxylic acids is 1. The van der Waals surface area contributed by atoms with Gasteiger partial charge >= 0.3 is 5.97 Å². The second kappa shape index (κ2) is 4.69. The van der Waals surface area contributed by atoms with E-state index in [2.05, 4.69) is 24.0 Å². The molecule has 2 rings (SSSR count). The molecular weight excluding hydrogens is 218 g/mol. The van der Waals surface area contributed by atoms with Gasteiger partial charge in [-0.1, -0.05) is 13.8 Å². The van der Waals surface area contributed by atoms with E-state index < -0.39 is 12.0 Å². The van der Waals surface area contributed by atoms with Crippen molar-refractivity contribution in [3.8, 4) is 0 Å². The molecule has 1 aliphatic rings. The molecule has 0 aliphatic carbocycles. The van der Waals surface area contributed by atoms with Crippen molar-refractivity contribution in [1.29, 1.82) is 0 Å². The van der Waals surface area contributed by atoms with Crippen LogP contribution in [0.4, 0.5) is 5.82 Å². The predicted molar refractivity (Wildman–Crippen MR) is 64.1 cm³/mol. The molecule has 5 nitrogen and oxygen atoms in total. The van der Waals surface area contributed by atoms with Crippen molar-refractivity contribution in [2.24, 2.45) is 0 Å². The number of hydrogen-bond donors (Lipinski definition) is 1. The summed E-state index contributed by atoms with van der Waals surface area (Å²) in [6, 6.07) is 3.34. The minimum absolute atomic E-state index is 0.338. The summed E-state index contributed by atoms with van der Waals surface area (Å²) in [6.07, 6.45) is 1.58. The summed E-state index contributed by atoms with van der Waals surface area (Å²) in [5, 5.41) is 17.4. The van der Waals surface area contributed by atoms with Crippen LogP contribution in [0.1, 0.15) is 38.3 Å². The topological polar surface area (TPSA) is 66.3 Å². The highest BCUT2D eigenvalue weighted by atomic mass is 16.4. The Kier molecular flexibility index (Phi) is 3.26. The van der Waals surface area contributed by atoms with E-state index in [4.69, 9.17) is 5.11 Å². The highest BCUT2D eigenvalue weighted by molar-refractivity contribution is 5.78. The van der Waals surface area contributed by atoms with Gasteiger partial charge in [0.25, 0.3) is 0 Å². The SMILES string of the molecule is CC(C)c1ccc(N2CCCC2C(=O)O)nn1. The first kappa shape index (κ1) is 11.8. The van der Waals surface area contributed by atoms with E-state index in [9.17, 15) is 4.79 Å². The average molecular weight is 235 g/mol. The molecule has 1 aromatic heterocycles. The summed E-state index contributed by atoms with van der Waals surface area (Å²) in [5.74, 6) is 0.224. The molecule has 92 valence electrons. The van der Waals surface area contributed by atoms with Gasteiger partial charge in [-0.3, -0.25) is 0 Å². The van der Waals surface area contributed by atoms with Gasteiger partial charge in [0.15, 0.2) is 5.82 Å². The van der Waals surface area contributed by atoms with Crippen LogP contribution in [0.15, 0.2) is 12.1 Å². The minimum Gasteiger partial charge on any atom is -0.480 e. The Balaban J connectivity index is 2.19. The third-order valence-electron chi connectivity index (χ3n) is 3.09. The van der Waals surface area contributed by atoms with Gasteiger partial charge in [0.05, 0.1) is 5.69 Å². The van der Waals surface area contributed by atoms with Gasteiger partial charge in [0.1, 0.15) is 6.04 Å². The highest BCUT2D eigenvalue weighted by Gasteiger charge is 2.31. The fourth-order valence-corrected chi connectivity index (χ4v) is 2.09. The van der Waals surface area contributed by atoms with Gasteiger partial charge in [-0.15, -0.1) is 5.10 Å². The predicted octanol–water partition coefficient (Wildman–Crippen LogP) is 1.65. The number of carbonyl (C=O) groups is 1. The van der Waals surface area contributed by atoms with Gasteiger partial charge in [0.2, 0.25) is 0 Å². The van der Waals surface area contributed by atoms with Crippen molar-refractivity contribution in [2.45, 2.75) is 38.6 Å². The maximum absolute atomic E-state index is 11.1. The molecule has 17 heavy (non-hydrogen) atoms. The quantitative estimate of drug-likeness (QED) is 0.863. The number of anilines is 1. The summed E-state index contributed by atoms with van der Waals surface area (Å²) in [4.78, 5) is 12.9. The van der Waals surface area contributed by atoms with Crippen molar-refractivity contribution < 1.29 is 9.90 Å². The number of carboxylic acid groups (broad SMARTS) is 1. The van der Waals surface area contributed by atoms with Crippen LogP contribution < -0.4 is 4.90 Å². The molecule has 2 heterocycles. The van der Waals surface area contributed by atoms with Gasteiger partial charge in [-0.2, -0.15) is 5.10 Å². The summed E-state index contributed by atoms with van der Waals surface area (Å²) < 4.78 is 0. The largest absolute Gasteiger partial charge is 0.480 e. The van der Waals surface area contributed by atoms with Gasteiger partial charge in [-0.25, -0.2) is 4.79 Å². The second-order valence-electron chi connectivity index (χ2n) is 4.66. The molecule has 0 bridgehead atoms. The number of nitrogens with zero attached hydrogens (tertiary/aromatic N) is 3. The summed E-state index contributed by atoms with van der Waals surface area (Å²) >= 11 is 0. The van der Waals surface area contributed by atoms with E-state index in [0.717, 1.165) is 18.7 Å². The molecule has 0 aromatic carbocycles. The van der Waals surface area contributed by atoms with E-state index in [1.54, 1.807) is 0 Å². The monoisotopic (exact) mass is 235 g/mol. The Morgan fingerprint density at radius 2 is 2.24 bits per heavy atom. The summed E-state index contributed by atoms with van der Waals surface area (Å²) in [6.45, 7) is 4.85. The number of carboxylic acids is 1. The van der Waals surface area contributed by atoms with E-state index in [-0.39, 0.29) is 0 Å². The first-order valence-electron chi connectivity index (χ1n) is 5.92. The van der Waals surface area contributed by atoms with Gasteiger partial charge in [0, 0.05) is 6.54 Å². The van der Waals surface area contributed by atoms with Crippen LogP contribution >= 0.6 is 0 Å². The van der Waals surface area contributed by atoms with E-state index in [1.807, 2.05) is 17.0 Å². The Bertz CT molecular complexity index is 403. The molecule has 1 saturated heterocycles. The van der Waals surface area contributed by atoms with E-state index in [1.165, 1.54) is 0 Å². The minimum atomic E-state index is -0.780. The second-order valence-corrected chi connectivity index (χ2v) is 4.66. The van der Waals surface area contributed by atoms with Crippen molar-refractivity contribution in [3.63, 3.8) is 0 Å². The normalized spacial score (nSPS) is 19.9.